The number of ketones is 1. The van der Waals surface area contributed by atoms with Gasteiger partial charge < -0.3 is 25.3 Å². The Morgan fingerprint density at radius 1 is 0.656 bits per heavy atom. The first-order valence-corrected chi connectivity index (χ1v) is 23.9. The molecular formula is C50H62N4O6Si. The predicted molar refractivity (Wildman–Crippen MR) is 242 cm³/mol. The summed E-state index contributed by atoms with van der Waals surface area (Å²) < 4.78 is 7.06. The largest absolute Gasteiger partial charge is 0.398 e. The van der Waals surface area contributed by atoms with Gasteiger partial charge >= 0.3 is 0 Å². The number of nitrogens with zero attached hydrogens (tertiary/aromatic N) is 1. The number of carbonyl (C=O) groups excluding carboxylic acids is 5. The number of piperidine rings is 1. The third kappa shape index (κ3) is 11.3. The van der Waals surface area contributed by atoms with E-state index < -0.39 is 50.4 Å². The van der Waals surface area contributed by atoms with Gasteiger partial charge in [-0.05, 0) is 65.6 Å². The van der Waals surface area contributed by atoms with E-state index >= 15 is 0 Å². The first-order valence-electron chi connectivity index (χ1n) is 22.0. The minimum atomic E-state index is -2.92. The molecule has 11 heteroatoms. The van der Waals surface area contributed by atoms with Crippen molar-refractivity contribution in [3.63, 3.8) is 0 Å². The topological polar surface area (TPSA) is 134 Å². The zero-order valence-electron chi connectivity index (χ0n) is 36.1. The molecule has 4 aromatic rings. The van der Waals surface area contributed by atoms with Crippen LogP contribution >= 0.6 is 0 Å². The van der Waals surface area contributed by atoms with Crippen molar-refractivity contribution in [1.29, 1.82) is 0 Å². The van der Waals surface area contributed by atoms with Gasteiger partial charge in [-0.15, -0.1) is 0 Å². The summed E-state index contributed by atoms with van der Waals surface area (Å²) in [5.74, 6) is -1.58. The van der Waals surface area contributed by atoms with E-state index in [0.717, 1.165) is 34.3 Å². The lowest BCUT2D eigenvalue weighted by Crippen LogP contribution is -2.68. The van der Waals surface area contributed by atoms with Crippen LogP contribution in [-0.4, -0.2) is 79.4 Å². The average Bonchev–Trinajstić information content (AvgIpc) is 3.27. The minimum absolute atomic E-state index is 0.0208. The molecule has 10 nitrogen and oxygen atoms in total. The smallest absolute Gasteiger partial charge is 0.262 e. The van der Waals surface area contributed by atoms with Crippen LogP contribution in [0.3, 0.4) is 0 Å². The molecule has 2 aliphatic heterocycles. The third-order valence-electron chi connectivity index (χ3n) is 12.2. The van der Waals surface area contributed by atoms with E-state index in [4.69, 9.17) is 4.43 Å². The average molecular weight is 843 g/mol. The number of benzene rings is 4. The van der Waals surface area contributed by atoms with Crippen molar-refractivity contribution in [2.45, 2.75) is 127 Å². The molecule has 0 aromatic heterocycles. The van der Waals surface area contributed by atoms with Gasteiger partial charge in [0.25, 0.3) is 8.32 Å². The van der Waals surface area contributed by atoms with Gasteiger partial charge in [-0.3, -0.25) is 24.0 Å². The molecule has 5 atom stereocenters. The Labute approximate surface area is 362 Å². The summed E-state index contributed by atoms with van der Waals surface area (Å²) in [4.78, 5) is 72.1. The Bertz CT molecular complexity index is 2040. The zero-order chi connectivity index (χ0) is 43.4. The van der Waals surface area contributed by atoms with Crippen LogP contribution in [0.5, 0.6) is 0 Å². The number of hydrogen-bond donors (Lipinski definition) is 3. The molecule has 2 aliphatic rings. The molecule has 0 spiro atoms. The molecule has 322 valence electrons. The van der Waals surface area contributed by atoms with Gasteiger partial charge in [-0.25, -0.2) is 0 Å². The second-order valence-corrected chi connectivity index (χ2v) is 21.8. The molecule has 2 saturated heterocycles. The molecule has 0 saturated carbocycles. The van der Waals surface area contributed by atoms with Gasteiger partial charge in [0.2, 0.25) is 23.6 Å². The third-order valence-corrected chi connectivity index (χ3v) is 17.3. The molecule has 0 radical (unpaired) electrons. The van der Waals surface area contributed by atoms with Crippen LogP contribution < -0.4 is 26.3 Å². The van der Waals surface area contributed by atoms with E-state index in [-0.39, 0.29) is 35.5 Å². The van der Waals surface area contributed by atoms with Crippen LogP contribution in [0.15, 0.2) is 121 Å². The lowest BCUT2D eigenvalue weighted by Gasteiger charge is -2.44. The molecule has 61 heavy (non-hydrogen) atoms. The number of carbonyl (C=O) groups is 5. The highest BCUT2D eigenvalue weighted by Crippen LogP contribution is 2.37. The first kappa shape index (κ1) is 45.1. The van der Waals surface area contributed by atoms with Crippen molar-refractivity contribution < 1.29 is 28.4 Å². The Kier molecular flexibility index (Phi) is 15.5. The second-order valence-electron chi connectivity index (χ2n) is 17.6. The molecule has 4 aromatic carbocycles. The van der Waals surface area contributed by atoms with Crippen molar-refractivity contribution in [3.05, 3.63) is 132 Å². The van der Waals surface area contributed by atoms with Crippen LogP contribution in [0, 0.1) is 0 Å². The fraction of sp³-hybridized carbons (Fsp3) is 0.420. The molecule has 6 rings (SSSR count). The molecule has 4 amide bonds. The maximum absolute atomic E-state index is 14.3. The second kappa shape index (κ2) is 20.9. The number of unbranched alkanes of at least 4 members (excludes halogenated alkanes) is 2. The highest BCUT2D eigenvalue weighted by molar-refractivity contribution is 6.99. The molecule has 0 aliphatic carbocycles. The lowest BCUT2D eigenvalue weighted by molar-refractivity contribution is -0.146. The monoisotopic (exact) mass is 842 g/mol. The quantitative estimate of drug-likeness (QED) is 0.102. The molecule has 2 heterocycles. The number of nitrogens with one attached hydrogen (secondary N) is 3. The summed E-state index contributed by atoms with van der Waals surface area (Å²) in [6.07, 6.45) is 4.17. The Morgan fingerprint density at radius 2 is 1.15 bits per heavy atom. The molecular weight excluding hydrogens is 781 g/mol. The fourth-order valence-electron chi connectivity index (χ4n) is 8.91. The standard InChI is InChI=1S/C50H62N4O6Si/c1-36(60-61(50(2,3)4,39-26-14-7-15-27-39)40-28-16-8-17-29-40)45(55)32-19-9-18-30-41-46(56)52-42(34-37-22-10-5-11-23-37)47(57)53-43(35-38-24-12-6-13-25-38)49(59)54-33-21-20-31-44(54)48(58)51-41/h5-8,10-17,22-29,36,41-44H,9,18-21,30-35H2,1-4H3,(H,51,58)(H,52,56)(H,53,57)/t36-,41+,42+,43+,44-/m1/s1. The van der Waals surface area contributed by atoms with Crippen LogP contribution in [-0.2, 0) is 41.2 Å². The van der Waals surface area contributed by atoms with Crippen molar-refractivity contribution in [2.75, 3.05) is 6.54 Å². The highest BCUT2D eigenvalue weighted by Gasteiger charge is 2.51. The van der Waals surface area contributed by atoms with Crippen LogP contribution in [0.25, 0.3) is 0 Å². The molecule has 0 unspecified atom stereocenters. The maximum Gasteiger partial charge on any atom is 0.262 e. The summed E-state index contributed by atoms with van der Waals surface area (Å²) in [6, 6.07) is 35.8. The lowest BCUT2D eigenvalue weighted by atomic mass is 9.96. The zero-order valence-corrected chi connectivity index (χ0v) is 37.1. The highest BCUT2D eigenvalue weighted by atomic mass is 28.4. The van der Waals surface area contributed by atoms with Gasteiger partial charge in [-0.1, -0.05) is 155 Å². The number of hydrogen-bond acceptors (Lipinski definition) is 6. The summed E-state index contributed by atoms with van der Waals surface area (Å²) in [6.45, 7) is 8.82. The van der Waals surface area contributed by atoms with Crippen molar-refractivity contribution in [3.8, 4) is 0 Å². The molecule has 0 bridgehead atoms. The fourth-order valence-corrected chi connectivity index (χ4v) is 13.6. The Hall–Kier alpha value is -5.39. The number of rotatable bonds is 15. The first-order chi connectivity index (χ1) is 29.4. The van der Waals surface area contributed by atoms with Crippen molar-refractivity contribution in [1.82, 2.24) is 20.9 Å². The van der Waals surface area contributed by atoms with Crippen LogP contribution in [0.1, 0.15) is 90.2 Å². The minimum Gasteiger partial charge on any atom is -0.398 e. The SMILES string of the molecule is C[C@@H](O[Si](c1ccccc1)(c1ccccc1)C(C)(C)C)C(=O)CCCCC[C@@H]1NC(=O)[C@H]2CCCCN2C(=O)[C@H](Cc2ccccc2)NC(=O)[C@H](Cc2ccccc2)NC1=O. The van der Waals surface area contributed by atoms with Crippen molar-refractivity contribution in [2.24, 2.45) is 0 Å². The summed E-state index contributed by atoms with van der Waals surface area (Å²) in [5.41, 5.74) is 1.72. The normalized spacial score (nSPS) is 20.9. The van der Waals surface area contributed by atoms with E-state index in [2.05, 4.69) is 61.0 Å². The van der Waals surface area contributed by atoms with Gasteiger partial charge in [0.05, 0.1) is 0 Å². The number of fused-ring (bicyclic) bond motifs is 1. The predicted octanol–water partition coefficient (Wildman–Crippen LogP) is 5.81. The van der Waals surface area contributed by atoms with E-state index in [1.807, 2.05) is 104 Å². The summed E-state index contributed by atoms with van der Waals surface area (Å²) in [5, 5.41) is 10.9. The summed E-state index contributed by atoms with van der Waals surface area (Å²) >= 11 is 0. The van der Waals surface area contributed by atoms with Crippen LogP contribution in [0.2, 0.25) is 5.04 Å². The van der Waals surface area contributed by atoms with E-state index in [0.29, 0.717) is 45.1 Å². The number of Topliss-reactive ketones (excluding diaryl/α,β-unsaturated/α-hetero) is 1. The van der Waals surface area contributed by atoms with E-state index in [1.165, 1.54) is 0 Å². The molecule has 3 N–H and O–H groups in total. The number of amides is 4. The van der Waals surface area contributed by atoms with Gasteiger partial charge in [0.15, 0.2) is 5.78 Å². The van der Waals surface area contributed by atoms with E-state index in [1.54, 1.807) is 4.90 Å². The Balaban J connectivity index is 1.15. The van der Waals surface area contributed by atoms with Gasteiger partial charge in [0.1, 0.15) is 30.3 Å². The summed E-state index contributed by atoms with van der Waals surface area (Å²) in [7, 11) is -2.92. The van der Waals surface area contributed by atoms with Crippen molar-refractivity contribution >= 4 is 48.1 Å². The maximum atomic E-state index is 14.3. The van der Waals surface area contributed by atoms with Crippen LogP contribution in [0.4, 0.5) is 0 Å². The van der Waals surface area contributed by atoms with Gasteiger partial charge in [-0.2, -0.15) is 0 Å². The molecule has 2 fully saturated rings. The van der Waals surface area contributed by atoms with Gasteiger partial charge in [0, 0.05) is 25.8 Å². The Morgan fingerprint density at radius 3 is 1.70 bits per heavy atom. The van der Waals surface area contributed by atoms with E-state index in [9.17, 15) is 24.0 Å².